The zero-order valence-electron chi connectivity index (χ0n) is 20.1. The van der Waals surface area contributed by atoms with E-state index in [1.54, 1.807) is 4.73 Å². The minimum absolute atomic E-state index is 0.195. The van der Waals surface area contributed by atoms with Crippen LogP contribution in [0.25, 0.3) is 22.6 Å². The van der Waals surface area contributed by atoms with Crippen LogP contribution in [0, 0.1) is 0 Å². The summed E-state index contributed by atoms with van der Waals surface area (Å²) in [6.07, 6.45) is 1.85. The zero-order valence-corrected chi connectivity index (χ0v) is 21.6. The lowest BCUT2D eigenvalue weighted by atomic mass is 10.1. The standard InChI is InChI=1S/C30H22Cl2N4O2/c31-25-15-11-22(12-16-25)28-33-20-30(37-35-28,24-9-5-2-6-10-24)38-36-19-27(21-7-3-1-4-8-21)34-29(36)23-13-17-26(32)18-14-23/h1-19H,20H2,(H,33,35)/t30-/m1/s1. The molecule has 0 radical (unpaired) electrons. The molecule has 0 amide bonds. The number of hydrogen-bond acceptors (Lipinski definition) is 5. The number of nitrogens with one attached hydrogen (secondary N) is 1. The van der Waals surface area contributed by atoms with E-state index in [2.05, 4.69) is 5.48 Å². The van der Waals surface area contributed by atoms with Crippen molar-refractivity contribution in [1.82, 2.24) is 15.2 Å². The fourth-order valence-corrected chi connectivity index (χ4v) is 4.46. The number of aliphatic imine (C=N–C) groups is 1. The van der Waals surface area contributed by atoms with Crippen LogP contribution in [0.4, 0.5) is 0 Å². The molecule has 0 spiro atoms. The number of nitrogens with zero attached hydrogens (tertiary/aromatic N) is 3. The number of rotatable bonds is 6. The SMILES string of the molecule is Clc1ccc(C2=NC[C@@](On3cc(-c4ccccc4)nc3-c3ccc(Cl)cc3)(c3ccccc3)ON2)cc1. The molecule has 1 aromatic heterocycles. The molecule has 6 nitrogen and oxygen atoms in total. The Labute approximate surface area is 230 Å². The molecule has 1 N–H and O–H groups in total. The lowest BCUT2D eigenvalue weighted by Crippen LogP contribution is -2.52. The summed E-state index contributed by atoms with van der Waals surface area (Å²) in [6, 6.07) is 34.5. The van der Waals surface area contributed by atoms with Crippen molar-refractivity contribution < 1.29 is 9.68 Å². The molecular weight excluding hydrogens is 519 g/mol. The number of aromatic nitrogens is 2. The summed E-state index contributed by atoms with van der Waals surface area (Å²) in [5.41, 5.74) is 7.21. The van der Waals surface area contributed by atoms with E-state index in [1.165, 1.54) is 0 Å². The predicted octanol–water partition coefficient (Wildman–Crippen LogP) is 6.79. The highest BCUT2D eigenvalue weighted by Gasteiger charge is 2.41. The van der Waals surface area contributed by atoms with Crippen LogP contribution >= 0.6 is 23.2 Å². The molecular formula is C30H22Cl2N4O2. The van der Waals surface area contributed by atoms with Gasteiger partial charge in [-0.25, -0.2) is 15.3 Å². The van der Waals surface area contributed by atoms with Gasteiger partial charge in [-0.15, -0.1) is 0 Å². The van der Waals surface area contributed by atoms with E-state index >= 15 is 0 Å². The first kappa shape index (κ1) is 24.2. The lowest BCUT2D eigenvalue weighted by Gasteiger charge is -2.35. The van der Waals surface area contributed by atoms with Gasteiger partial charge in [0.1, 0.15) is 6.54 Å². The second-order valence-electron chi connectivity index (χ2n) is 8.73. The number of amidine groups is 1. The third-order valence-electron chi connectivity index (χ3n) is 6.18. The molecule has 5 aromatic rings. The zero-order chi connectivity index (χ0) is 26.0. The van der Waals surface area contributed by atoms with Gasteiger partial charge in [-0.1, -0.05) is 83.9 Å². The number of hydrogen-bond donors (Lipinski definition) is 1. The first-order chi connectivity index (χ1) is 18.6. The van der Waals surface area contributed by atoms with E-state index in [-0.39, 0.29) is 6.54 Å². The minimum atomic E-state index is -1.27. The second kappa shape index (κ2) is 10.3. The fourth-order valence-electron chi connectivity index (χ4n) is 4.21. The van der Waals surface area contributed by atoms with Gasteiger partial charge in [0.2, 0.25) is 0 Å². The Morgan fingerprint density at radius 2 is 1.34 bits per heavy atom. The minimum Gasteiger partial charge on any atom is -0.367 e. The smallest absolute Gasteiger partial charge is 0.302 e. The van der Waals surface area contributed by atoms with Crippen LogP contribution in [-0.4, -0.2) is 22.1 Å². The Morgan fingerprint density at radius 3 is 1.95 bits per heavy atom. The van der Waals surface area contributed by atoms with Crippen molar-refractivity contribution in [1.29, 1.82) is 0 Å². The summed E-state index contributed by atoms with van der Waals surface area (Å²) in [5.74, 6) is -0.0789. The van der Waals surface area contributed by atoms with E-state index in [4.69, 9.17) is 42.9 Å². The summed E-state index contributed by atoms with van der Waals surface area (Å²) < 4.78 is 1.64. The van der Waals surface area contributed by atoms with Gasteiger partial charge in [0.25, 0.3) is 0 Å². The molecule has 0 fully saturated rings. The molecule has 1 atom stereocenters. The fraction of sp³-hybridized carbons (Fsp3) is 0.0667. The Balaban J connectivity index is 1.42. The first-order valence-electron chi connectivity index (χ1n) is 12.0. The summed E-state index contributed by atoms with van der Waals surface area (Å²) in [5, 5.41) is 1.29. The molecule has 8 heteroatoms. The van der Waals surface area contributed by atoms with Gasteiger partial charge in [-0.05, 0) is 48.5 Å². The maximum atomic E-state index is 6.66. The van der Waals surface area contributed by atoms with Crippen LogP contribution in [0.1, 0.15) is 11.1 Å². The molecule has 1 aliphatic heterocycles. The van der Waals surface area contributed by atoms with Crippen molar-refractivity contribution in [2.24, 2.45) is 4.99 Å². The van der Waals surface area contributed by atoms with Gasteiger partial charge in [0.05, 0.1) is 11.9 Å². The van der Waals surface area contributed by atoms with E-state index in [1.807, 2.05) is 115 Å². The molecule has 0 aliphatic carbocycles. The molecule has 0 unspecified atom stereocenters. The van der Waals surface area contributed by atoms with E-state index < -0.39 is 5.79 Å². The van der Waals surface area contributed by atoms with Crippen molar-refractivity contribution in [3.05, 3.63) is 137 Å². The van der Waals surface area contributed by atoms with Crippen molar-refractivity contribution in [3.8, 4) is 22.6 Å². The quantitative estimate of drug-likeness (QED) is 0.257. The van der Waals surface area contributed by atoms with Crippen LogP contribution in [-0.2, 0) is 10.6 Å². The van der Waals surface area contributed by atoms with Gasteiger partial charge >= 0.3 is 5.79 Å². The number of hydroxylamine groups is 1. The molecule has 4 aromatic carbocycles. The van der Waals surface area contributed by atoms with Crippen LogP contribution < -0.4 is 10.3 Å². The summed E-state index contributed by atoms with van der Waals surface area (Å²) in [6.45, 7) is 0.195. The van der Waals surface area contributed by atoms with Gasteiger partial charge < -0.3 is 4.84 Å². The third kappa shape index (κ3) is 4.89. The van der Waals surface area contributed by atoms with Gasteiger partial charge in [-0.3, -0.25) is 4.99 Å². The molecule has 38 heavy (non-hydrogen) atoms. The molecule has 0 bridgehead atoms. The predicted molar refractivity (Wildman–Crippen MR) is 150 cm³/mol. The normalized spacial score (nSPS) is 16.9. The highest BCUT2D eigenvalue weighted by molar-refractivity contribution is 6.31. The highest BCUT2D eigenvalue weighted by atomic mass is 35.5. The van der Waals surface area contributed by atoms with E-state index in [0.29, 0.717) is 21.7 Å². The topological polar surface area (TPSA) is 60.7 Å². The molecule has 0 saturated heterocycles. The lowest BCUT2D eigenvalue weighted by molar-refractivity contribution is -0.263. The number of benzene rings is 4. The second-order valence-corrected chi connectivity index (χ2v) is 9.61. The van der Waals surface area contributed by atoms with Gasteiger partial charge in [0, 0.05) is 32.3 Å². The van der Waals surface area contributed by atoms with Crippen LogP contribution in [0.5, 0.6) is 0 Å². The van der Waals surface area contributed by atoms with Crippen molar-refractivity contribution >= 4 is 29.0 Å². The average molecular weight is 541 g/mol. The molecule has 0 saturated carbocycles. The third-order valence-corrected chi connectivity index (χ3v) is 6.69. The number of imidazole rings is 1. The van der Waals surface area contributed by atoms with Crippen LogP contribution in [0.15, 0.2) is 120 Å². The van der Waals surface area contributed by atoms with E-state index in [0.717, 1.165) is 27.9 Å². The Kier molecular flexibility index (Phi) is 6.60. The Hall–Kier alpha value is -4.10. The highest BCUT2D eigenvalue weighted by Crippen LogP contribution is 2.31. The number of halogens is 2. The summed E-state index contributed by atoms with van der Waals surface area (Å²) in [4.78, 5) is 22.6. The van der Waals surface area contributed by atoms with Crippen molar-refractivity contribution in [2.45, 2.75) is 5.79 Å². The van der Waals surface area contributed by atoms with Crippen LogP contribution in [0.2, 0.25) is 10.0 Å². The van der Waals surface area contributed by atoms with Gasteiger partial charge in [-0.2, -0.15) is 4.73 Å². The summed E-state index contributed by atoms with van der Waals surface area (Å²) in [7, 11) is 0. The van der Waals surface area contributed by atoms with Crippen molar-refractivity contribution in [3.63, 3.8) is 0 Å². The molecule has 188 valence electrons. The largest absolute Gasteiger partial charge is 0.367 e. The maximum absolute atomic E-state index is 6.66. The average Bonchev–Trinajstić information content (AvgIpc) is 3.39. The molecule has 2 heterocycles. The first-order valence-corrected chi connectivity index (χ1v) is 12.8. The Bertz CT molecular complexity index is 1570. The Morgan fingerprint density at radius 1 is 0.737 bits per heavy atom. The van der Waals surface area contributed by atoms with Gasteiger partial charge in [0.15, 0.2) is 11.7 Å². The van der Waals surface area contributed by atoms with Crippen LogP contribution in [0.3, 0.4) is 0 Å². The van der Waals surface area contributed by atoms with Crippen molar-refractivity contribution in [2.75, 3.05) is 6.54 Å². The summed E-state index contributed by atoms with van der Waals surface area (Å²) >= 11 is 12.2. The molecule has 6 rings (SSSR count). The van der Waals surface area contributed by atoms with E-state index in [9.17, 15) is 0 Å². The molecule has 1 aliphatic rings. The maximum Gasteiger partial charge on any atom is 0.302 e. The monoisotopic (exact) mass is 540 g/mol.